The topological polar surface area (TPSA) is 113 Å². The number of ether oxygens (including phenoxy) is 1. The van der Waals surface area contributed by atoms with Crippen molar-refractivity contribution < 1.29 is 23.5 Å². The van der Waals surface area contributed by atoms with Gasteiger partial charge in [0.1, 0.15) is 17.6 Å². The number of anilines is 1. The molecule has 2 amide bonds. The number of halogens is 1. The molecule has 164 valence electrons. The van der Waals surface area contributed by atoms with Crippen LogP contribution in [0.3, 0.4) is 0 Å². The SMILES string of the molecule is C#C[C@H](NC(=O)C(=O)c1c(C)c(C(=O)Nc2ccc(F)c(C#N)c2)n(C)c1C)C1COC1. The summed E-state index contributed by atoms with van der Waals surface area (Å²) < 4.78 is 20.1. The maximum absolute atomic E-state index is 13.5. The van der Waals surface area contributed by atoms with Crippen LogP contribution in [0.2, 0.25) is 0 Å². The van der Waals surface area contributed by atoms with E-state index in [2.05, 4.69) is 16.6 Å². The summed E-state index contributed by atoms with van der Waals surface area (Å²) in [5.74, 6) is -0.524. The average molecular weight is 436 g/mol. The second-order valence-corrected chi connectivity index (χ2v) is 7.50. The third-order valence-electron chi connectivity index (χ3n) is 5.52. The van der Waals surface area contributed by atoms with Gasteiger partial charge in [-0.2, -0.15) is 5.26 Å². The predicted octanol–water partition coefficient (Wildman–Crippen LogP) is 1.85. The normalized spacial score (nSPS) is 13.9. The van der Waals surface area contributed by atoms with Gasteiger partial charge in [0.25, 0.3) is 17.6 Å². The van der Waals surface area contributed by atoms with Gasteiger partial charge in [-0.05, 0) is 37.6 Å². The number of hydrogen-bond donors (Lipinski definition) is 2. The van der Waals surface area contributed by atoms with Crippen molar-refractivity contribution in [2.45, 2.75) is 19.9 Å². The minimum absolute atomic E-state index is 0.0509. The van der Waals surface area contributed by atoms with Crippen LogP contribution in [-0.2, 0) is 16.6 Å². The molecule has 1 aliphatic heterocycles. The molecule has 0 spiro atoms. The number of ketones is 1. The largest absolute Gasteiger partial charge is 0.380 e. The van der Waals surface area contributed by atoms with Crippen molar-refractivity contribution in [1.82, 2.24) is 9.88 Å². The van der Waals surface area contributed by atoms with Crippen molar-refractivity contribution in [3.8, 4) is 18.4 Å². The molecule has 2 N–H and O–H groups in total. The summed E-state index contributed by atoms with van der Waals surface area (Å²) >= 11 is 0. The summed E-state index contributed by atoms with van der Waals surface area (Å²) in [4.78, 5) is 38.4. The second-order valence-electron chi connectivity index (χ2n) is 7.50. The van der Waals surface area contributed by atoms with Gasteiger partial charge in [0, 0.05) is 24.3 Å². The zero-order valence-electron chi connectivity index (χ0n) is 17.8. The van der Waals surface area contributed by atoms with Crippen LogP contribution in [-0.4, -0.2) is 41.4 Å². The highest BCUT2D eigenvalue weighted by Gasteiger charge is 2.33. The van der Waals surface area contributed by atoms with Crippen LogP contribution in [0.1, 0.15) is 37.7 Å². The molecule has 1 aliphatic rings. The lowest BCUT2D eigenvalue weighted by molar-refractivity contribution is -0.119. The van der Waals surface area contributed by atoms with Crippen molar-refractivity contribution >= 4 is 23.3 Å². The number of nitriles is 1. The lowest BCUT2D eigenvalue weighted by atomic mass is 9.98. The van der Waals surface area contributed by atoms with Crippen LogP contribution in [0.4, 0.5) is 10.1 Å². The maximum Gasteiger partial charge on any atom is 0.293 e. The van der Waals surface area contributed by atoms with E-state index >= 15 is 0 Å². The Kier molecular flexibility index (Phi) is 6.42. The first-order valence-electron chi connectivity index (χ1n) is 9.75. The van der Waals surface area contributed by atoms with Crippen LogP contribution >= 0.6 is 0 Å². The quantitative estimate of drug-likeness (QED) is 0.408. The number of amides is 2. The van der Waals surface area contributed by atoms with Gasteiger partial charge in [-0.25, -0.2) is 4.39 Å². The summed E-state index contributed by atoms with van der Waals surface area (Å²) in [5.41, 5.74) is 1.00. The zero-order valence-corrected chi connectivity index (χ0v) is 17.8. The molecule has 1 aromatic heterocycles. The molecule has 0 aliphatic carbocycles. The molecule has 1 fully saturated rings. The summed E-state index contributed by atoms with van der Waals surface area (Å²) in [6, 6.07) is 4.69. The van der Waals surface area contributed by atoms with E-state index in [-0.39, 0.29) is 28.4 Å². The summed E-state index contributed by atoms with van der Waals surface area (Å²) in [6.45, 7) is 4.00. The highest BCUT2D eigenvalue weighted by Crippen LogP contribution is 2.24. The Morgan fingerprint density at radius 3 is 2.56 bits per heavy atom. The van der Waals surface area contributed by atoms with Crippen LogP contribution in [0.5, 0.6) is 0 Å². The number of terminal acetylenes is 1. The number of carbonyl (C=O) groups is 3. The first-order valence-corrected chi connectivity index (χ1v) is 9.75. The Hall–Kier alpha value is -3.95. The van der Waals surface area contributed by atoms with Crippen LogP contribution in [0.25, 0.3) is 0 Å². The van der Waals surface area contributed by atoms with Crippen molar-refractivity contribution in [3.63, 3.8) is 0 Å². The number of benzene rings is 1. The monoisotopic (exact) mass is 436 g/mol. The second kappa shape index (κ2) is 9.04. The predicted molar refractivity (Wildman–Crippen MR) is 113 cm³/mol. The molecule has 1 atom stereocenters. The number of aromatic nitrogens is 1. The third kappa shape index (κ3) is 4.11. The van der Waals surface area contributed by atoms with Crippen molar-refractivity contribution in [2.24, 2.45) is 13.0 Å². The van der Waals surface area contributed by atoms with Gasteiger partial charge in [-0.15, -0.1) is 6.42 Å². The van der Waals surface area contributed by atoms with Gasteiger partial charge in [0.2, 0.25) is 0 Å². The van der Waals surface area contributed by atoms with Gasteiger partial charge in [0.05, 0.1) is 30.4 Å². The lowest BCUT2D eigenvalue weighted by Crippen LogP contribution is -2.49. The van der Waals surface area contributed by atoms with Gasteiger partial charge in [-0.1, -0.05) is 5.92 Å². The Balaban J connectivity index is 1.85. The van der Waals surface area contributed by atoms with Gasteiger partial charge >= 0.3 is 0 Å². The number of Topliss-reactive ketones (excluding diaryl/α,β-unsaturated/α-hetero) is 1. The van der Waals surface area contributed by atoms with Gasteiger partial charge < -0.3 is 19.9 Å². The van der Waals surface area contributed by atoms with E-state index < -0.39 is 29.5 Å². The Morgan fingerprint density at radius 1 is 1.31 bits per heavy atom. The number of nitrogens with zero attached hydrogens (tertiary/aromatic N) is 2. The van der Waals surface area contributed by atoms with Crippen LogP contribution in [0.15, 0.2) is 18.2 Å². The molecule has 0 radical (unpaired) electrons. The molecule has 0 unspecified atom stereocenters. The van der Waals surface area contributed by atoms with Crippen molar-refractivity contribution in [3.05, 3.63) is 52.1 Å². The molecule has 3 rings (SSSR count). The van der Waals surface area contributed by atoms with Gasteiger partial charge in [-0.3, -0.25) is 14.4 Å². The van der Waals surface area contributed by atoms with E-state index in [0.29, 0.717) is 24.5 Å². The first kappa shape index (κ1) is 22.7. The molecular weight excluding hydrogens is 415 g/mol. The molecule has 0 saturated carbocycles. The Bertz CT molecular complexity index is 1200. The number of rotatable bonds is 6. The van der Waals surface area contributed by atoms with Crippen LogP contribution < -0.4 is 10.6 Å². The molecule has 8 nitrogen and oxygen atoms in total. The van der Waals surface area contributed by atoms with Crippen molar-refractivity contribution in [1.29, 1.82) is 5.26 Å². The van der Waals surface area contributed by atoms with Crippen LogP contribution in [0, 0.1) is 49.3 Å². The third-order valence-corrected chi connectivity index (χ3v) is 5.52. The van der Waals surface area contributed by atoms with E-state index in [1.807, 2.05) is 0 Å². The minimum atomic E-state index is -0.860. The van der Waals surface area contributed by atoms with Gasteiger partial charge in [0.15, 0.2) is 0 Å². The Labute approximate surface area is 184 Å². The maximum atomic E-state index is 13.5. The highest BCUT2D eigenvalue weighted by atomic mass is 19.1. The standard InChI is InChI=1S/C23H21FN4O4/c1-5-18(15-10-32-11-15)27-23(31)21(29)19-12(2)20(28(4)13(19)3)22(30)26-16-6-7-17(24)14(8-16)9-25/h1,6-8,15,18H,10-11H2,2-4H3,(H,26,30)(H,27,31)/t18-/m0/s1. The molecular formula is C23H21FN4O4. The fourth-order valence-corrected chi connectivity index (χ4v) is 3.58. The Morgan fingerprint density at radius 2 is 2.00 bits per heavy atom. The molecule has 0 bridgehead atoms. The molecule has 1 aromatic carbocycles. The van der Waals surface area contributed by atoms with E-state index in [9.17, 15) is 18.8 Å². The zero-order chi connectivity index (χ0) is 23.6. The lowest BCUT2D eigenvalue weighted by Gasteiger charge is -2.30. The summed E-state index contributed by atoms with van der Waals surface area (Å²) in [5, 5.41) is 14.1. The van der Waals surface area contributed by atoms with Crippen molar-refractivity contribution in [2.75, 3.05) is 18.5 Å². The van der Waals surface area contributed by atoms with E-state index in [4.69, 9.17) is 16.4 Å². The molecule has 1 saturated heterocycles. The fraction of sp³-hybridized carbons (Fsp3) is 0.304. The fourth-order valence-electron chi connectivity index (χ4n) is 3.58. The molecule has 9 heteroatoms. The first-order chi connectivity index (χ1) is 15.2. The number of carbonyl (C=O) groups excluding carboxylic acids is 3. The van der Waals surface area contributed by atoms with E-state index in [1.54, 1.807) is 27.0 Å². The minimum Gasteiger partial charge on any atom is -0.380 e. The summed E-state index contributed by atoms with van der Waals surface area (Å²) in [6.07, 6.45) is 5.47. The molecule has 2 heterocycles. The smallest absolute Gasteiger partial charge is 0.293 e. The highest BCUT2D eigenvalue weighted by molar-refractivity contribution is 6.43. The molecule has 2 aromatic rings. The average Bonchev–Trinajstić information content (AvgIpc) is 2.95. The van der Waals surface area contributed by atoms with E-state index in [0.717, 1.165) is 6.07 Å². The number of nitrogens with one attached hydrogen (secondary N) is 2. The number of hydrogen-bond acceptors (Lipinski definition) is 5. The van der Waals surface area contributed by atoms with E-state index in [1.165, 1.54) is 16.7 Å². The summed E-state index contributed by atoms with van der Waals surface area (Å²) in [7, 11) is 1.59. The molecule has 32 heavy (non-hydrogen) atoms.